The second-order valence-electron chi connectivity index (χ2n) is 4.58. The number of nitrogens with zero attached hydrogens (tertiary/aromatic N) is 1. The third kappa shape index (κ3) is 11.1. The second-order valence-corrected chi connectivity index (χ2v) is 5.61. The minimum absolute atomic E-state index is 0.636. The van der Waals surface area contributed by atoms with Crippen molar-refractivity contribution >= 4 is 29.2 Å². The number of hydrogen-bond acceptors (Lipinski definition) is 3. The van der Waals surface area contributed by atoms with E-state index in [4.69, 9.17) is 24.8 Å². The lowest BCUT2D eigenvalue weighted by atomic mass is 10.3. The largest absolute Gasteiger partial charge is 0.411 e. The average Bonchev–Trinajstić information content (AvgIpc) is 2.41. The van der Waals surface area contributed by atoms with Crippen molar-refractivity contribution in [2.45, 2.75) is 39.5 Å². The fraction of sp³-hybridized carbons (Fsp3) is 0.923. The van der Waals surface area contributed by atoms with E-state index in [1.165, 1.54) is 51.9 Å². The van der Waals surface area contributed by atoms with E-state index >= 15 is 0 Å². The Morgan fingerprint density at radius 1 is 1.17 bits per heavy atom. The number of nitrogens with two attached hydrogens (primary N) is 1. The van der Waals surface area contributed by atoms with Gasteiger partial charge in [0.15, 0.2) is 0 Å². The SMILES string of the molecule is C1C[NH2+]CCN1.CCCCN(CCCC)C(=S)[S-]. The highest BCUT2D eigenvalue weighted by Crippen LogP contribution is 2.00. The van der Waals surface area contributed by atoms with Crippen LogP contribution in [0.2, 0.25) is 0 Å². The third-order valence-corrected chi connectivity index (χ3v) is 3.39. The Morgan fingerprint density at radius 2 is 1.67 bits per heavy atom. The molecule has 0 aromatic carbocycles. The van der Waals surface area contributed by atoms with Crippen molar-refractivity contribution in [3.05, 3.63) is 0 Å². The molecule has 0 aliphatic carbocycles. The Labute approximate surface area is 123 Å². The van der Waals surface area contributed by atoms with Crippen molar-refractivity contribution in [3.63, 3.8) is 0 Å². The fourth-order valence-electron chi connectivity index (χ4n) is 1.67. The molecule has 1 aliphatic rings. The maximum atomic E-state index is 4.98. The van der Waals surface area contributed by atoms with Crippen LogP contribution in [-0.4, -0.2) is 48.5 Å². The van der Waals surface area contributed by atoms with Crippen LogP contribution in [0.5, 0.6) is 0 Å². The zero-order valence-electron chi connectivity index (χ0n) is 11.9. The fourth-order valence-corrected chi connectivity index (χ4v) is 2.04. The van der Waals surface area contributed by atoms with Crippen molar-refractivity contribution in [3.8, 4) is 0 Å². The van der Waals surface area contributed by atoms with E-state index in [0.717, 1.165) is 13.1 Å². The van der Waals surface area contributed by atoms with Crippen LogP contribution in [0, 0.1) is 0 Å². The number of quaternary nitrogens is 1. The molecule has 0 atom stereocenters. The van der Waals surface area contributed by atoms with Crippen LogP contribution >= 0.6 is 12.2 Å². The Hall–Kier alpha value is 0.0300. The van der Waals surface area contributed by atoms with Gasteiger partial charge in [0.2, 0.25) is 0 Å². The number of rotatable bonds is 6. The molecule has 0 aromatic rings. The Kier molecular flexibility index (Phi) is 13.5. The zero-order valence-corrected chi connectivity index (χ0v) is 13.5. The molecule has 3 N–H and O–H groups in total. The molecule has 0 bridgehead atoms. The molecule has 1 rings (SSSR count). The van der Waals surface area contributed by atoms with Crippen LogP contribution < -0.4 is 10.6 Å². The standard InChI is InChI=1S/C9H19NS2.C4H10N2/c1-3-5-7-10(9(11)12)8-6-4-2;1-2-6-4-3-5-1/h3-8H2,1-2H3,(H,11,12);5-6H,1-4H2. The quantitative estimate of drug-likeness (QED) is 0.562. The van der Waals surface area contributed by atoms with Crippen LogP contribution in [-0.2, 0) is 12.6 Å². The van der Waals surface area contributed by atoms with Gasteiger partial charge in [-0.05, 0) is 12.8 Å². The van der Waals surface area contributed by atoms with Gasteiger partial charge in [0.25, 0.3) is 0 Å². The molecule has 0 aromatic heterocycles. The number of nitrogens with one attached hydrogen (secondary N) is 1. The Balaban J connectivity index is 0.000000397. The minimum atomic E-state index is 0.636. The van der Waals surface area contributed by atoms with Crippen LogP contribution in [0.3, 0.4) is 0 Å². The summed E-state index contributed by atoms with van der Waals surface area (Å²) in [7, 11) is 0. The van der Waals surface area contributed by atoms with Gasteiger partial charge in [0.05, 0.1) is 13.1 Å². The smallest absolute Gasteiger partial charge is 0.0882 e. The summed E-state index contributed by atoms with van der Waals surface area (Å²) in [5.74, 6) is 0. The van der Waals surface area contributed by atoms with Gasteiger partial charge in [-0.3, -0.25) is 0 Å². The van der Waals surface area contributed by atoms with Gasteiger partial charge in [0.1, 0.15) is 0 Å². The predicted molar refractivity (Wildman–Crippen MR) is 85.9 cm³/mol. The van der Waals surface area contributed by atoms with E-state index in [1.807, 2.05) is 0 Å². The van der Waals surface area contributed by atoms with Gasteiger partial charge < -0.3 is 40.4 Å². The molecular formula is C13H29N3S2. The van der Waals surface area contributed by atoms with Crippen molar-refractivity contribution in [2.24, 2.45) is 0 Å². The molecule has 18 heavy (non-hydrogen) atoms. The van der Waals surface area contributed by atoms with Gasteiger partial charge in [-0.25, -0.2) is 0 Å². The van der Waals surface area contributed by atoms with E-state index in [0.29, 0.717) is 4.32 Å². The van der Waals surface area contributed by atoms with Crippen LogP contribution in [0.25, 0.3) is 0 Å². The van der Waals surface area contributed by atoms with E-state index in [2.05, 4.69) is 29.4 Å². The maximum Gasteiger partial charge on any atom is 0.0882 e. The summed E-state index contributed by atoms with van der Waals surface area (Å²) in [6, 6.07) is 0. The minimum Gasteiger partial charge on any atom is -0.411 e. The highest BCUT2D eigenvalue weighted by atomic mass is 32.1. The number of hydrogen-bond donors (Lipinski definition) is 2. The topological polar surface area (TPSA) is 31.9 Å². The zero-order chi connectivity index (χ0) is 13.6. The summed E-state index contributed by atoms with van der Waals surface area (Å²) in [6.07, 6.45) is 4.81. The van der Waals surface area contributed by atoms with Gasteiger partial charge in [0, 0.05) is 26.2 Å². The van der Waals surface area contributed by atoms with Crippen molar-refractivity contribution < 1.29 is 5.32 Å². The van der Waals surface area contributed by atoms with Gasteiger partial charge in [-0.15, -0.1) is 0 Å². The van der Waals surface area contributed by atoms with Crippen molar-refractivity contribution in [1.29, 1.82) is 0 Å². The van der Waals surface area contributed by atoms with Gasteiger partial charge >= 0.3 is 0 Å². The molecule has 1 heterocycles. The van der Waals surface area contributed by atoms with Crippen molar-refractivity contribution in [2.75, 3.05) is 39.3 Å². The van der Waals surface area contributed by atoms with Crippen LogP contribution in [0.15, 0.2) is 0 Å². The number of unbranched alkanes of at least 4 members (excludes halogenated alkanes) is 2. The molecule has 0 amide bonds. The Morgan fingerprint density at radius 3 is 1.89 bits per heavy atom. The molecule has 5 heteroatoms. The summed E-state index contributed by atoms with van der Waals surface area (Å²) >= 11 is 9.97. The first-order chi connectivity index (χ1) is 8.72. The normalized spacial score (nSPS) is 14.6. The first-order valence-electron chi connectivity index (χ1n) is 7.20. The number of thiocarbonyl (C=S) groups is 1. The summed E-state index contributed by atoms with van der Waals surface area (Å²) in [4.78, 5) is 2.14. The highest BCUT2D eigenvalue weighted by molar-refractivity contribution is 8.00. The second kappa shape index (κ2) is 13.5. The molecule has 1 aliphatic heterocycles. The molecule has 0 spiro atoms. The van der Waals surface area contributed by atoms with Crippen LogP contribution in [0.1, 0.15) is 39.5 Å². The Bertz CT molecular complexity index is 177. The molecule has 0 saturated carbocycles. The van der Waals surface area contributed by atoms with E-state index < -0.39 is 0 Å². The van der Waals surface area contributed by atoms with Crippen molar-refractivity contribution in [1.82, 2.24) is 10.2 Å². The molecule has 0 radical (unpaired) electrons. The van der Waals surface area contributed by atoms with Gasteiger partial charge in [-0.1, -0.05) is 31.0 Å². The summed E-state index contributed by atoms with van der Waals surface area (Å²) < 4.78 is 0.636. The molecule has 108 valence electrons. The predicted octanol–water partition coefficient (Wildman–Crippen LogP) is 0.873. The van der Waals surface area contributed by atoms with E-state index in [1.54, 1.807) is 0 Å². The highest BCUT2D eigenvalue weighted by Gasteiger charge is 1.98. The molecule has 3 nitrogen and oxygen atoms in total. The summed E-state index contributed by atoms with van der Waals surface area (Å²) in [6.45, 7) is 11.4. The summed E-state index contributed by atoms with van der Waals surface area (Å²) in [5, 5.41) is 5.58. The summed E-state index contributed by atoms with van der Waals surface area (Å²) in [5.41, 5.74) is 0. The number of piperazine rings is 1. The monoisotopic (exact) mass is 291 g/mol. The lowest BCUT2D eigenvalue weighted by Crippen LogP contribution is -2.89. The van der Waals surface area contributed by atoms with Gasteiger partial charge in [-0.2, -0.15) is 0 Å². The lowest BCUT2D eigenvalue weighted by molar-refractivity contribution is -0.657. The molecular weight excluding hydrogens is 262 g/mol. The molecule has 1 saturated heterocycles. The first-order valence-corrected chi connectivity index (χ1v) is 8.02. The molecule has 1 fully saturated rings. The maximum absolute atomic E-state index is 4.98. The van der Waals surface area contributed by atoms with E-state index in [-0.39, 0.29) is 0 Å². The average molecular weight is 292 g/mol. The third-order valence-electron chi connectivity index (χ3n) is 2.87. The van der Waals surface area contributed by atoms with E-state index in [9.17, 15) is 0 Å². The molecule has 0 unspecified atom stereocenters. The first kappa shape index (κ1) is 18.0. The lowest BCUT2D eigenvalue weighted by Gasteiger charge is -2.28. The van der Waals surface area contributed by atoms with Crippen LogP contribution in [0.4, 0.5) is 0 Å².